The summed E-state index contributed by atoms with van der Waals surface area (Å²) in [5.74, 6) is 0.594. The Morgan fingerprint density at radius 3 is 2.17 bits per heavy atom. The third-order valence-electron chi connectivity index (χ3n) is 2.86. The summed E-state index contributed by atoms with van der Waals surface area (Å²) in [7, 11) is 0. The minimum Gasteiger partial charge on any atom is -0.454 e. The first-order valence-corrected chi connectivity index (χ1v) is 8.09. The van der Waals surface area contributed by atoms with Crippen molar-refractivity contribution in [2.45, 2.75) is 26.3 Å². The van der Waals surface area contributed by atoms with Crippen molar-refractivity contribution in [3.63, 3.8) is 0 Å². The highest BCUT2D eigenvalue weighted by Gasteiger charge is 2.20. The van der Waals surface area contributed by atoms with Crippen LogP contribution in [0.5, 0.6) is 11.5 Å². The maximum atomic E-state index is 11.2. The van der Waals surface area contributed by atoms with E-state index < -0.39 is 4.92 Å². The molecular weight excluding hydrogens is 375 g/mol. The molecule has 0 amide bonds. The number of nitrogens with one attached hydrogen (secondary N) is 1. The van der Waals surface area contributed by atoms with Crippen molar-refractivity contribution >= 4 is 46.2 Å². The molecule has 24 heavy (non-hydrogen) atoms. The molecular formula is C16H15Cl3N2O3. The van der Waals surface area contributed by atoms with Crippen LogP contribution >= 0.6 is 34.8 Å². The summed E-state index contributed by atoms with van der Waals surface area (Å²) < 4.78 is 5.70. The molecule has 0 bridgehead atoms. The molecule has 0 saturated heterocycles. The van der Waals surface area contributed by atoms with Crippen LogP contribution in [0, 0.1) is 10.1 Å². The van der Waals surface area contributed by atoms with E-state index in [0.717, 1.165) is 0 Å². The maximum absolute atomic E-state index is 11.2. The van der Waals surface area contributed by atoms with E-state index in [2.05, 4.69) is 5.32 Å². The monoisotopic (exact) mass is 388 g/mol. The van der Waals surface area contributed by atoms with Gasteiger partial charge in [0.05, 0.1) is 15.0 Å². The van der Waals surface area contributed by atoms with Crippen molar-refractivity contribution in [3.05, 3.63) is 55.5 Å². The molecule has 0 aromatic heterocycles. The molecule has 8 heteroatoms. The summed E-state index contributed by atoms with van der Waals surface area (Å²) >= 11 is 18.1. The molecule has 0 radical (unpaired) electrons. The Hall–Kier alpha value is -1.69. The van der Waals surface area contributed by atoms with Crippen molar-refractivity contribution < 1.29 is 9.66 Å². The van der Waals surface area contributed by atoms with Crippen LogP contribution in [0.1, 0.15) is 20.8 Å². The van der Waals surface area contributed by atoms with E-state index in [9.17, 15) is 10.1 Å². The van der Waals surface area contributed by atoms with Crippen molar-refractivity contribution in [1.82, 2.24) is 0 Å². The lowest BCUT2D eigenvalue weighted by Crippen LogP contribution is -2.26. The first-order valence-electron chi connectivity index (χ1n) is 6.96. The molecule has 0 heterocycles. The van der Waals surface area contributed by atoms with Gasteiger partial charge in [-0.2, -0.15) is 0 Å². The van der Waals surface area contributed by atoms with Crippen molar-refractivity contribution in [2.75, 3.05) is 5.32 Å². The Kier molecular flexibility index (Phi) is 5.48. The van der Waals surface area contributed by atoms with Crippen LogP contribution in [0.3, 0.4) is 0 Å². The molecule has 1 N–H and O–H groups in total. The Bertz CT molecular complexity index is 766. The van der Waals surface area contributed by atoms with Gasteiger partial charge < -0.3 is 10.1 Å². The summed E-state index contributed by atoms with van der Waals surface area (Å²) in [6.07, 6.45) is 0. The lowest BCUT2D eigenvalue weighted by atomic mass is 10.1. The number of nitro groups is 1. The molecule has 2 aromatic rings. The van der Waals surface area contributed by atoms with Crippen LogP contribution in [0.2, 0.25) is 15.1 Å². The standard InChI is InChI=1S/C16H15Cl3N2O3/c1-16(2,3)20-13-8-10(4-5-14(13)21(22)23)24-15-11(18)6-9(17)7-12(15)19/h4-8,20H,1-3H3. The smallest absolute Gasteiger partial charge is 0.292 e. The Balaban J connectivity index is 2.42. The van der Waals surface area contributed by atoms with Gasteiger partial charge in [0.2, 0.25) is 0 Å². The summed E-state index contributed by atoms with van der Waals surface area (Å²) in [4.78, 5) is 10.7. The molecule has 0 spiro atoms. The Labute approximate surface area is 154 Å². The molecule has 2 aromatic carbocycles. The number of anilines is 1. The number of hydrogen-bond acceptors (Lipinski definition) is 4. The van der Waals surface area contributed by atoms with Gasteiger partial charge in [-0.15, -0.1) is 0 Å². The van der Waals surface area contributed by atoms with E-state index in [-0.39, 0.29) is 27.0 Å². The molecule has 0 unspecified atom stereocenters. The molecule has 0 fully saturated rings. The van der Waals surface area contributed by atoms with E-state index in [4.69, 9.17) is 39.5 Å². The van der Waals surface area contributed by atoms with Crippen LogP contribution in [-0.4, -0.2) is 10.5 Å². The third kappa shape index (κ3) is 4.66. The quantitative estimate of drug-likeness (QED) is 0.475. The minimum absolute atomic E-state index is 0.0504. The zero-order valence-electron chi connectivity index (χ0n) is 13.2. The van der Waals surface area contributed by atoms with Gasteiger partial charge in [-0.05, 0) is 39.0 Å². The Morgan fingerprint density at radius 1 is 1.08 bits per heavy atom. The fraction of sp³-hybridized carbons (Fsp3) is 0.250. The van der Waals surface area contributed by atoms with E-state index in [1.54, 1.807) is 0 Å². The number of rotatable bonds is 4. The highest BCUT2D eigenvalue weighted by molar-refractivity contribution is 6.40. The van der Waals surface area contributed by atoms with E-state index in [1.165, 1.54) is 30.3 Å². The van der Waals surface area contributed by atoms with E-state index in [0.29, 0.717) is 16.5 Å². The highest BCUT2D eigenvalue weighted by atomic mass is 35.5. The molecule has 0 aliphatic carbocycles. The predicted octanol–water partition coefficient (Wildman–Crippen LogP) is 6.56. The molecule has 0 aliphatic rings. The first kappa shape index (κ1) is 18.6. The SMILES string of the molecule is CC(C)(C)Nc1cc(Oc2c(Cl)cc(Cl)cc2Cl)ccc1[N+](=O)[O-]. The average Bonchev–Trinajstić information content (AvgIpc) is 2.40. The lowest BCUT2D eigenvalue weighted by molar-refractivity contribution is -0.384. The zero-order valence-corrected chi connectivity index (χ0v) is 15.5. The van der Waals surface area contributed by atoms with Crippen LogP contribution < -0.4 is 10.1 Å². The molecule has 0 atom stereocenters. The van der Waals surface area contributed by atoms with Gasteiger partial charge in [-0.3, -0.25) is 10.1 Å². The number of ether oxygens (including phenoxy) is 1. The minimum atomic E-state index is -0.458. The number of nitrogens with zero attached hydrogens (tertiary/aromatic N) is 1. The van der Waals surface area contributed by atoms with Crippen molar-refractivity contribution in [2.24, 2.45) is 0 Å². The number of halogens is 3. The summed E-state index contributed by atoms with van der Waals surface area (Å²) in [5.41, 5.74) is -0.0735. The van der Waals surface area contributed by atoms with Gasteiger partial charge >= 0.3 is 0 Å². The molecule has 2 rings (SSSR count). The van der Waals surface area contributed by atoms with Gasteiger partial charge in [0, 0.05) is 22.7 Å². The molecule has 128 valence electrons. The number of benzene rings is 2. The normalized spacial score (nSPS) is 11.2. The van der Waals surface area contributed by atoms with Gasteiger partial charge in [0.15, 0.2) is 5.75 Å². The second-order valence-corrected chi connectivity index (χ2v) is 7.36. The fourth-order valence-electron chi connectivity index (χ4n) is 1.99. The maximum Gasteiger partial charge on any atom is 0.292 e. The zero-order chi connectivity index (χ0) is 18.1. The summed E-state index contributed by atoms with van der Waals surface area (Å²) in [5, 5.41) is 15.2. The number of hydrogen-bond donors (Lipinski definition) is 1. The Morgan fingerprint density at radius 2 is 1.67 bits per heavy atom. The highest BCUT2D eigenvalue weighted by Crippen LogP contribution is 2.40. The summed E-state index contributed by atoms with van der Waals surface area (Å²) in [6.45, 7) is 5.70. The molecule has 5 nitrogen and oxygen atoms in total. The van der Waals surface area contributed by atoms with Crippen LogP contribution in [-0.2, 0) is 0 Å². The van der Waals surface area contributed by atoms with Gasteiger partial charge in [-0.25, -0.2) is 0 Å². The largest absolute Gasteiger partial charge is 0.454 e. The molecule has 0 aliphatic heterocycles. The average molecular weight is 390 g/mol. The first-order chi connectivity index (χ1) is 11.1. The second-order valence-electron chi connectivity index (χ2n) is 6.11. The van der Waals surface area contributed by atoms with E-state index >= 15 is 0 Å². The van der Waals surface area contributed by atoms with Crippen LogP contribution in [0.4, 0.5) is 11.4 Å². The predicted molar refractivity (Wildman–Crippen MR) is 98.0 cm³/mol. The van der Waals surface area contributed by atoms with Gasteiger partial charge in [-0.1, -0.05) is 34.8 Å². The number of nitro benzene ring substituents is 1. The van der Waals surface area contributed by atoms with Crippen molar-refractivity contribution in [1.29, 1.82) is 0 Å². The van der Waals surface area contributed by atoms with Gasteiger partial charge in [0.1, 0.15) is 11.4 Å². The van der Waals surface area contributed by atoms with Crippen LogP contribution in [0.25, 0.3) is 0 Å². The fourth-order valence-corrected chi connectivity index (χ4v) is 2.88. The summed E-state index contributed by atoms with van der Waals surface area (Å²) in [6, 6.07) is 7.38. The van der Waals surface area contributed by atoms with Crippen LogP contribution in [0.15, 0.2) is 30.3 Å². The second kappa shape index (κ2) is 7.05. The lowest BCUT2D eigenvalue weighted by Gasteiger charge is -2.22. The van der Waals surface area contributed by atoms with Gasteiger partial charge in [0.25, 0.3) is 5.69 Å². The molecule has 0 saturated carbocycles. The third-order valence-corrected chi connectivity index (χ3v) is 3.64. The topological polar surface area (TPSA) is 64.4 Å². The van der Waals surface area contributed by atoms with E-state index in [1.807, 2.05) is 20.8 Å². The van der Waals surface area contributed by atoms with Crippen molar-refractivity contribution in [3.8, 4) is 11.5 Å².